The molecule has 150 valence electrons. The second kappa shape index (κ2) is 7.61. The van der Waals surface area contributed by atoms with Crippen LogP contribution < -0.4 is 9.64 Å². The van der Waals surface area contributed by atoms with Gasteiger partial charge in [0, 0.05) is 5.56 Å². The largest absolute Gasteiger partial charge is 0.496 e. The highest BCUT2D eigenvalue weighted by Crippen LogP contribution is 2.51. The number of allylic oxidation sites excluding steroid dienone is 1. The van der Waals surface area contributed by atoms with Crippen LogP contribution >= 0.6 is 0 Å². The second-order valence-corrected chi connectivity index (χ2v) is 7.86. The summed E-state index contributed by atoms with van der Waals surface area (Å²) < 4.78 is 11.1. The molecule has 0 fully saturated rings. The van der Waals surface area contributed by atoms with E-state index in [4.69, 9.17) is 9.47 Å². The fraction of sp³-hybridized carbons (Fsp3) is 0.292. The number of methoxy groups -OCH3 is 1. The Morgan fingerprint density at radius 3 is 2.38 bits per heavy atom. The zero-order valence-electron chi connectivity index (χ0n) is 17.2. The monoisotopic (exact) mass is 391 g/mol. The number of rotatable bonds is 4. The van der Waals surface area contributed by atoms with Crippen molar-refractivity contribution in [1.82, 2.24) is 0 Å². The molecule has 1 atom stereocenters. The third-order valence-corrected chi connectivity index (χ3v) is 4.87. The first-order chi connectivity index (χ1) is 13.8. The molecule has 0 unspecified atom stereocenters. The Hall–Kier alpha value is -3.30. The predicted molar refractivity (Wildman–Crippen MR) is 112 cm³/mol. The predicted octanol–water partition coefficient (Wildman–Crippen LogP) is 4.99. The molecular formula is C24H25NO4. The van der Waals surface area contributed by atoms with Crippen LogP contribution in [-0.2, 0) is 14.9 Å². The van der Waals surface area contributed by atoms with Crippen LogP contribution in [0.25, 0.3) is 0 Å². The van der Waals surface area contributed by atoms with E-state index >= 15 is 0 Å². The number of fused-ring (bicyclic) bond motifs is 1. The summed E-state index contributed by atoms with van der Waals surface area (Å²) in [5.41, 5.74) is 2.78. The van der Waals surface area contributed by atoms with Crippen molar-refractivity contribution in [1.29, 1.82) is 0 Å². The summed E-state index contributed by atoms with van der Waals surface area (Å²) in [6.07, 6.45) is 1.29. The summed E-state index contributed by atoms with van der Waals surface area (Å²) in [6.45, 7) is 8.95. The average molecular weight is 391 g/mol. The first-order valence-electron chi connectivity index (χ1n) is 9.41. The minimum absolute atomic E-state index is 0.284. The molecule has 1 heterocycles. The third-order valence-electron chi connectivity index (χ3n) is 4.87. The molecule has 1 aliphatic rings. The molecule has 2 amide bonds. The molecule has 0 spiro atoms. The van der Waals surface area contributed by atoms with E-state index in [-0.39, 0.29) is 12.3 Å². The van der Waals surface area contributed by atoms with E-state index in [1.54, 1.807) is 52.2 Å². The minimum Gasteiger partial charge on any atom is -0.496 e. The number of amides is 2. The summed E-state index contributed by atoms with van der Waals surface area (Å²) in [6, 6.07) is 14.6. The van der Waals surface area contributed by atoms with Gasteiger partial charge < -0.3 is 9.47 Å². The number of benzene rings is 2. The van der Waals surface area contributed by atoms with E-state index in [1.807, 2.05) is 30.3 Å². The molecule has 0 saturated heterocycles. The van der Waals surface area contributed by atoms with Gasteiger partial charge in [-0.05, 0) is 51.0 Å². The number of carbonyl (C=O) groups excluding carboxylic acids is 2. The third kappa shape index (κ3) is 3.45. The lowest BCUT2D eigenvalue weighted by molar-refractivity contribution is -0.121. The zero-order valence-corrected chi connectivity index (χ0v) is 17.2. The lowest BCUT2D eigenvalue weighted by atomic mass is 9.72. The molecule has 5 nitrogen and oxygen atoms in total. The van der Waals surface area contributed by atoms with Crippen molar-refractivity contribution in [3.8, 4) is 5.75 Å². The Bertz CT molecular complexity index is 998. The maximum absolute atomic E-state index is 13.9. The number of para-hydroxylation sites is 2. The number of nitrogens with zero attached hydrogens (tertiary/aromatic N) is 1. The van der Waals surface area contributed by atoms with Crippen molar-refractivity contribution in [2.45, 2.75) is 38.2 Å². The van der Waals surface area contributed by atoms with Crippen LogP contribution in [0, 0.1) is 0 Å². The standard InChI is InChI=1S/C24H25NO4/c1-6-7-16-24(18-13-9-11-15-20(18)28-5)17-12-8-10-14-19(17)25(21(24)26)22(27)29-23(2,3)4/h7-15H,1,16H2,2-5H3/t24-/m0/s1. The van der Waals surface area contributed by atoms with E-state index in [1.165, 1.54) is 0 Å². The van der Waals surface area contributed by atoms with Gasteiger partial charge in [0.05, 0.1) is 12.8 Å². The molecule has 0 bridgehead atoms. The topological polar surface area (TPSA) is 55.8 Å². The van der Waals surface area contributed by atoms with Gasteiger partial charge in [-0.3, -0.25) is 4.79 Å². The summed E-state index contributed by atoms with van der Waals surface area (Å²) in [4.78, 5) is 28.0. The van der Waals surface area contributed by atoms with Gasteiger partial charge in [0.2, 0.25) is 0 Å². The molecule has 3 rings (SSSR count). The van der Waals surface area contributed by atoms with E-state index in [0.29, 0.717) is 22.6 Å². The Balaban J connectivity index is 2.28. The van der Waals surface area contributed by atoms with Crippen LogP contribution in [0.1, 0.15) is 38.3 Å². The van der Waals surface area contributed by atoms with Crippen molar-refractivity contribution in [2.24, 2.45) is 0 Å². The SMILES string of the molecule is C=C=CC[C@]1(c2ccccc2OC)C(=O)N(C(=O)OC(C)(C)C)c2ccccc21. The van der Waals surface area contributed by atoms with Gasteiger partial charge in [-0.1, -0.05) is 43.0 Å². The molecule has 29 heavy (non-hydrogen) atoms. The van der Waals surface area contributed by atoms with Gasteiger partial charge in [-0.25, -0.2) is 9.69 Å². The number of hydrogen-bond donors (Lipinski definition) is 0. The second-order valence-electron chi connectivity index (χ2n) is 7.86. The van der Waals surface area contributed by atoms with Crippen molar-refractivity contribution >= 4 is 17.7 Å². The Labute approximate surface area is 171 Å². The molecule has 0 N–H and O–H groups in total. The molecule has 0 aliphatic carbocycles. The van der Waals surface area contributed by atoms with Crippen LogP contribution in [0.3, 0.4) is 0 Å². The highest BCUT2D eigenvalue weighted by atomic mass is 16.6. The van der Waals surface area contributed by atoms with Gasteiger partial charge in [0.15, 0.2) is 0 Å². The van der Waals surface area contributed by atoms with E-state index < -0.39 is 17.1 Å². The molecule has 1 aliphatic heterocycles. The fourth-order valence-electron chi connectivity index (χ4n) is 3.72. The lowest BCUT2D eigenvalue weighted by Crippen LogP contribution is -2.45. The summed E-state index contributed by atoms with van der Waals surface area (Å²) in [5, 5.41) is 0. The smallest absolute Gasteiger partial charge is 0.421 e. The Morgan fingerprint density at radius 1 is 1.14 bits per heavy atom. The normalized spacial score (nSPS) is 18.1. The van der Waals surface area contributed by atoms with Gasteiger partial charge in [-0.15, -0.1) is 5.73 Å². The van der Waals surface area contributed by atoms with Crippen molar-refractivity contribution in [3.63, 3.8) is 0 Å². The number of carbonyl (C=O) groups is 2. The molecule has 2 aromatic rings. The number of hydrogen-bond acceptors (Lipinski definition) is 4. The molecular weight excluding hydrogens is 366 g/mol. The van der Waals surface area contributed by atoms with Gasteiger partial charge in [0.25, 0.3) is 5.91 Å². The van der Waals surface area contributed by atoms with Gasteiger partial charge >= 0.3 is 6.09 Å². The zero-order chi connectivity index (χ0) is 21.2. The summed E-state index contributed by atoms with van der Waals surface area (Å²) in [5.74, 6) is 0.183. The minimum atomic E-state index is -1.15. The van der Waals surface area contributed by atoms with Crippen molar-refractivity contribution in [2.75, 3.05) is 12.0 Å². The van der Waals surface area contributed by atoms with Crippen LogP contribution in [0.15, 0.2) is 66.9 Å². The quantitative estimate of drug-likeness (QED) is 0.689. The highest BCUT2D eigenvalue weighted by Gasteiger charge is 2.55. The van der Waals surface area contributed by atoms with Gasteiger partial charge in [0.1, 0.15) is 16.8 Å². The average Bonchev–Trinajstić information content (AvgIpc) is 2.93. The van der Waals surface area contributed by atoms with Crippen LogP contribution in [-0.4, -0.2) is 24.7 Å². The molecule has 0 aromatic heterocycles. The van der Waals surface area contributed by atoms with E-state index in [9.17, 15) is 9.59 Å². The maximum atomic E-state index is 13.9. The first-order valence-corrected chi connectivity index (χ1v) is 9.41. The van der Waals surface area contributed by atoms with Crippen LogP contribution in [0.2, 0.25) is 0 Å². The van der Waals surface area contributed by atoms with Gasteiger partial charge in [-0.2, -0.15) is 0 Å². The maximum Gasteiger partial charge on any atom is 0.421 e. The highest BCUT2D eigenvalue weighted by molar-refractivity contribution is 6.22. The first kappa shape index (κ1) is 20.4. The molecule has 5 heteroatoms. The number of anilines is 1. The van der Waals surface area contributed by atoms with Crippen LogP contribution in [0.5, 0.6) is 5.75 Å². The van der Waals surface area contributed by atoms with Crippen molar-refractivity contribution < 1.29 is 19.1 Å². The fourth-order valence-corrected chi connectivity index (χ4v) is 3.72. The summed E-state index contributed by atoms with van der Waals surface area (Å²) in [7, 11) is 1.56. The van der Waals surface area contributed by atoms with E-state index in [2.05, 4.69) is 12.3 Å². The van der Waals surface area contributed by atoms with Crippen molar-refractivity contribution in [3.05, 3.63) is 78.0 Å². The Morgan fingerprint density at radius 2 is 1.76 bits per heavy atom. The lowest BCUT2D eigenvalue weighted by Gasteiger charge is -2.30. The number of ether oxygens (including phenoxy) is 2. The summed E-state index contributed by atoms with van der Waals surface area (Å²) >= 11 is 0. The molecule has 0 saturated carbocycles. The Kier molecular flexibility index (Phi) is 5.36. The number of imide groups is 1. The van der Waals surface area contributed by atoms with Crippen LogP contribution in [0.4, 0.5) is 10.5 Å². The van der Waals surface area contributed by atoms with E-state index in [0.717, 1.165) is 4.90 Å². The molecule has 0 radical (unpaired) electrons. The molecule has 2 aromatic carbocycles.